The lowest BCUT2D eigenvalue weighted by Gasteiger charge is -2.12. The van der Waals surface area contributed by atoms with Crippen LogP contribution in [-0.4, -0.2) is 30.0 Å². The number of halogens is 1. The van der Waals surface area contributed by atoms with Crippen LogP contribution in [0.5, 0.6) is 0 Å². The second-order valence-electron chi connectivity index (χ2n) is 5.53. The van der Waals surface area contributed by atoms with Gasteiger partial charge in [-0.2, -0.15) is 0 Å². The lowest BCUT2D eigenvalue weighted by atomic mass is 10.2. The van der Waals surface area contributed by atoms with Crippen molar-refractivity contribution in [2.75, 3.05) is 17.7 Å². The average molecular weight is 362 g/mol. The largest absolute Gasteiger partial charge is 0.465 e. The predicted octanol–water partition coefficient (Wildman–Crippen LogP) is 3.98. The molecule has 1 unspecified atom stereocenters. The van der Waals surface area contributed by atoms with E-state index in [2.05, 4.69) is 34.2 Å². The van der Waals surface area contributed by atoms with E-state index in [1.165, 1.54) is 31.5 Å². The first-order valence-electron chi connectivity index (χ1n) is 7.86. The van der Waals surface area contributed by atoms with E-state index in [1.54, 1.807) is 12.1 Å². The summed E-state index contributed by atoms with van der Waals surface area (Å²) in [7, 11) is 1.29. The summed E-state index contributed by atoms with van der Waals surface area (Å²) < 4.78 is 4.66. The summed E-state index contributed by atoms with van der Waals surface area (Å²) in [6.45, 7) is 4.13. The third-order valence-electron chi connectivity index (χ3n) is 3.67. The summed E-state index contributed by atoms with van der Waals surface area (Å²) >= 11 is 6.08. The van der Waals surface area contributed by atoms with Crippen LogP contribution in [0.1, 0.15) is 41.0 Å². The molecule has 0 radical (unpaired) electrons. The van der Waals surface area contributed by atoms with Gasteiger partial charge in [0.2, 0.25) is 0 Å². The Balaban J connectivity index is 2.13. The number of nitrogens with zero attached hydrogens (tertiary/aromatic N) is 1. The normalized spacial score (nSPS) is 11.5. The number of hydrogen-bond donors (Lipinski definition) is 2. The minimum atomic E-state index is -0.505. The molecule has 1 amide bonds. The Morgan fingerprint density at radius 2 is 1.96 bits per heavy atom. The van der Waals surface area contributed by atoms with Crippen LogP contribution in [0, 0.1) is 0 Å². The number of pyridine rings is 1. The molecule has 1 atom stereocenters. The summed E-state index contributed by atoms with van der Waals surface area (Å²) in [5.41, 5.74) is 1.01. The number of amides is 1. The molecule has 0 aliphatic carbocycles. The van der Waals surface area contributed by atoms with Gasteiger partial charge in [0.1, 0.15) is 5.82 Å². The molecule has 0 aliphatic heterocycles. The van der Waals surface area contributed by atoms with Gasteiger partial charge in [-0.1, -0.05) is 18.5 Å². The Labute approximate surface area is 151 Å². The van der Waals surface area contributed by atoms with Gasteiger partial charge in [0.05, 0.1) is 28.9 Å². The quantitative estimate of drug-likeness (QED) is 0.760. The number of rotatable bonds is 6. The second-order valence-corrected chi connectivity index (χ2v) is 5.93. The molecule has 0 saturated carbocycles. The summed E-state index contributed by atoms with van der Waals surface area (Å²) in [4.78, 5) is 28.2. The zero-order valence-electron chi connectivity index (χ0n) is 14.3. The Bertz CT molecular complexity index is 763. The predicted molar refractivity (Wildman–Crippen MR) is 98.4 cm³/mol. The molecule has 0 saturated heterocycles. The van der Waals surface area contributed by atoms with Gasteiger partial charge in [0.15, 0.2) is 0 Å². The van der Waals surface area contributed by atoms with Gasteiger partial charge in [-0.3, -0.25) is 4.79 Å². The van der Waals surface area contributed by atoms with Crippen LogP contribution in [0.3, 0.4) is 0 Å². The molecule has 1 aromatic carbocycles. The number of esters is 1. The highest BCUT2D eigenvalue weighted by Gasteiger charge is 2.13. The van der Waals surface area contributed by atoms with Crippen LogP contribution >= 0.6 is 11.6 Å². The van der Waals surface area contributed by atoms with Crippen LogP contribution in [0.25, 0.3) is 0 Å². The number of ether oxygens (including phenoxy) is 1. The molecule has 1 heterocycles. The van der Waals surface area contributed by atoms with Crippen LogP contribution in [-0.2, 0) is 4.74 Å². The van der Waals surface area contributed by atoms with Gasteiger partial charge in [-0.15, -0.1) is 0 Å². The van der Waals surface area contributed by atoms with E-state index in [0.29, 0.717) is 33.7 Å². The topological polar surface area (TPSA) is 80.3 Å². The Morgan fingerprint density at radius 1 is 1.24 bits per heavy atom. The molecule has 2 rings (SSSR count). The molecular formula is C18H20ClN3O3. The van der Waals surface area contributed by atoms with Crippen LogP contribution in [0.2, 0.25) is 5.02 Å². The molecule has 6 nitrogen and oxygen atoms in total. The number of carbonyl (C=O) groups excluding carboxylic acids is 2. The van der Waals surface area contributed by atoms with Crippen molar-refractivity contribution < 1.29 is 14.3 Å². The van der Waals surface area contributed by atoms with E-state index in [4.69, 9.17) is 11.6 Å². The molecule has 0 bridgehead atoms. The van der Waals surface area contributed by atoms with Gasteiger partial charge in [0.25, 0.3) is 5.91 Å². The number of methoxy groups -OCH3 is 1. The van der Waals surface area contributed by atoms with E-state index >= 15 is 0 Å². The Morgan fingerprint density at radius 3 is 2.56 bits per heavy atom. The third kappa shape index (κ3) is 4.93. The molecule has 0 fully saturated rings. The van der Waals surface area contributed by atoms with Gasteiger partial charge >= 0.3 is 5.97 Å². The monoisotopic (exact) mass is 361 g/mol. The number of aromatic nitrogens is 1. The zero-order chi connectivity index (χ0) is 18.4. The Kier molecular flexibility index (Phi) is 6.36. The molecule has 2 N–H and O–H groups in total. The molecule has 25 heavy (non-hydrogen) atoms. The first kappa shape index (κ1) is 18.7. The molecular weight excluding hydrogens is 342 g/mol. The fourth-order valence-electron chi connectivity index (χ4n) is 2.03. The van der Waals surface area contributed by atoms with Crippen LogP contribution in [0.15, 0.2) is 36.5 Å². The lowest BCUT2D eigenvalue weighted by molar-refractivity contribution is 0.0600. The first-order valence-corrected chi connectivity index (χ1v) is 8.24. The smallest absolute Gasteiger partial charge is 0.337 e. The second kappa shape index (κ2) is 8.48. The number of anilines is 2. The number of nitrogens with one attached hydrogen (secondary N) is 2. The van der Waals surface area contributed by atoms with Crippen molar-refractivity contribution in [2.45, 2.75) is 26.3 Å². The summed E-state index contributed by atoms with van der Waals surface area (Å²) in [6.07, 6.45) is 2.46. The van der Waals surface area contributed by atoms with Gasteiger partial charge in [-0.25, -0.2) is 9.78 Å². The van der Waals surface area contributed by atoms with Crippen molar-refractivity contribution in [1.82, 2.24) is 4.98 Å². The van der Waals surface area contributed by atoms with Crippen LogP contribution < -0.4 is 10.6 Å². The minimum absolute atomic E-state index is 0.298. The van der Waals surface area contributed by atoms with E-state index in [-0.39, 0.29) is 5.91 Å². The lowest BCUT2D eigenvalue weighted by Crippen LogP contribution is -2.16. The van der Waals surface area contributed by atoms with E-state index < -0.39 is 5.97 Å². The van der Waals surface area contributed by atoms with Gasteiger partial charge < -0.3 is 15.4 Å². The number of benzene rings is 1. The van der Waals surface area contributed by atoms with Gasteiger partial charge in [0, 0.05) is 12.2 Å². The van der Waals surface area contributed by atoms with Crippen molar-refractivity contribution in [3.8, 4) is 0 Å². The summed E-state index contributed by atoms with van der Waals surface area (Å²) in [6, 6.07) is 8.24. The van der Waals surface area contributed by atoms with Gasteiger partial charge in [-0.05, 0) is 43.7 Å². The molecule has 0 aliphatic rings. The van der Waals surface area contributed by atoms with E-state index in [9.17, 15) is 9.59 Å². The number of carbonyl (C=O) groups is 2. The molecule has 0 spiro atoms. The maximum atomic E-state index is 12.4. The third-order valence-corrected chi connectivity index (χ3v) is 4.00. The maximum absolute atomic E-state index is 12.4. The Hall–Kier alpha value is -2.60. The zero-order valence-corrected chi connectivity index (χ0v) is 15.1. The SMILES string of the molecule is CCC(C)Nc1ccc(C(=O)Nc2cc(C(=O)OC)ccc2Cl)cn1. The summed E-state index contributed by atoms with van der Waals surface area (Å²) in [5, 5.41) is 6.23. The molecule has 1 aromatic heterocycles. The van der Waals surface area contributed by atoms with Crippen LogP contribution in [0.4, 0.5) is 11.5 Å². The fourth-order valence-corrected chi connectivity index (χ4v) is 2.19. The average Bonchev–Trinajstić information content (AvgIpc) is 2.63. The maximum Gasteiger partial charge on any atom is 0.337 e. The highest BCUT2D eigenvalue weighted by Crippen LogP contribution is 2.24. The molecule has 2 aromatic rings. The minimum Gasteiger partial charge on any atom is -0.465 e. The summed E-state index contributed by atoms with van der Waals surface area (Å²) in [5.74, 6) is -0.169. The fraction of sp³-hybridized carbons (Fsp3) is 0.278. The van der Waals surface area contributed by atoms with Crippen molar-refractivity contribution in [3.05, 3.63) is 52.7 Å². The van der Waals surface area contributed by atoms with Crippen molar-refractivity contribution in [1.29, 1.82) is 0 Å². The highest BCUT2D eigenvalue weighted by molar-refractivity contribution is 6.34. The van der Waals surface area contributed by atoms with E-state index in [1.807, 2.05) is 0 Å². The van der Waals surface area contributed by atoms with Crippen molar-refractivity contribution in [3.63, 3.8) is 0 Å². The van der Waals surface area contributed by atoms with Crippen molar-refractivity contribution in [2.24, 2.45) is 0 Å². The number of hydrogen-bond acceptors (Lipinski definition) is 5. The molecule has 132 valence electrons. The highest BCUT2D eigenvalue weighted by atomic mass is 35.5. The molecule has 7 heteroatoms. The standard InChI is InChI=1S/C18H20ClN3O3/c1-4-11(2)21-16-8-6-13(10-20-16)17(23)22-15-9-12(18(24)25-3)5-7-14(15)19/h5-11H,4H2,1-3H3,(H,20,21)(H,22,23). The van der Waals surface area contributed by atoms with E-state index in [0.717, 1.165) is 6.42 Å². The van der Waals surface area contributed by atoms with Crippen molar-refractivity contribution >= 4 is 35.0 Å². The first-order chi connectivity index (χ1) is 11.9.